The summed E-state index contributed by atoms with van der Waals surface area (Å²) in [7, 11) is 0. The van der Waals surface area contributed by atoms with Gasteiger partial charge in [-0.2, -0.15) is 5.10 Å². The second-order valence-corrected chi connectivity index (χ2v) is 3.89. The standard InChI is InChI=1S/C12H18N2/c1-9(2)11(4)13-14-12-7-5-10(3)6-8-12/h5-9,14H,1-4H3/b13-11-. The number of nitrogens with one attached hydrogen (secondary N) is 1. The molecule has 0 bridgehead atoms. The van der Waals surface area contributed by atoms with E-state index in [0.717, 1.165) is 11.4 Å². The smallest absolute Gasteiger partial charge is 0.0561 e. The molecule has 0 saturated heterocycles. The second-order valence-electron chi connectivity index (χ2n) is 3.89. The van der Waals surface area contributed by atoms with Gasteiger partial charge in [0.2, 0.25) is 0 Å². The van der Waals surface area contributed by atoms with Crippen LogP contribution in [0.15, 0.2) is 29.4 Å². The summed E-state index contributed by atoms with van der Waals surface area (Å²) < 4.78 is 0. The molecule has 0 spiro atoms. The third-order valence-corrected chi connectivity index (χ3v) is 2.25. The Morgan fingerprint density at radius 3 is 2.29 bits per heavy atom. The molecule has 0 fully saturated rings. The van der Waals surface area contributed by atoms with Crippen molar-refractivity contribution in [3.8, 4) is 0 Å². The molecule has 1 N–H and O–H groups in total. The van der Waals surface area contributed by atoms with E-state index in [2.05, 4.69) is 43.4 Å². The van der Waals surface area contributed by atoms with Crippen molar-refractivity contribution in [3.63, 3.8) is 0 Å². The second kappa shape index (κ2) is 4.80. The average molecular weight is 190 g/mol. The largest absolute Gasteiger partial charge is 0.279 e. The molecule has 0 atom stereocenters. The summed E-state index contributed by atoms with van der Waals surface area (Å²) in [5.74, 6) is 0.493. The van der Waals surface area contributed by atoms with Gasteiger partial charge in [0.25, 0.3) is 0 Å². The van der Waals surface area contributed by atoms with Gasteiger partial charge in [0, 0.05) is 5.71 Å². The lowest BCUT2D eigenvalue weighted by Gasteiger charge is -2.05. The van der Waals surface area contributed by atoms with Crippen LogP contribution in [0.5, 0.6) is 0 Å². The van der Waals surface area contributed by atoms with Crippen LogP contribution in [0.4, 0.5) is 5.69 Å². The highest BCUT2D eigenvalue weighted by molar-refractivity contribution is 5.84. The molecule has 1 rings (SSSR count). The Bertz CT molecular complexity index is 310. The lowest BCUT2D eigenvalue weighted by molar-refractivity contribution is 0.874. The predicted octanol–water partition coefficient (Wildman–Crippen LogP) is 3.44. The van der Waals surface area contributed by atoms with E-state index in [0.29, 0.717) is 5.92 Å². The first-order valence-electron chi connectivity index (χ1n) is 4.96. The van der Waals surface area contributed by atoms with E-state index in [1.54, 1.807) is 0 Å². The molecule has 2 heteroatoms. The van der Waals surface area contributed by atoms with Gasteiger partial charge in [-0.15, -0.1) is 0 Å². The highest BCUT2D eigenvalue weighted by Crippen LogP contribution is 2.08. The Hall–Kier alpha value is -1.31. The maximum absolute atomic E-state index is 4.29. The van der Waals surface area contributed by atoms with E-state index < -0.39 is 0 Å². The molecule has 1 aromatic carbocycles. The van der Waals surface area contributed by atoms with Crippen LogP contribution < -0.4 is 5.43 Å². The topological polar surface area (TPSA) is 24.4 Å². The number of aryl methyl sites for hydroxylation is 1. The number of hydrogen-bond donors (Lipinski definition) is 1. The highest BCUT2D eigenvalue weighted by Gasteiger charge is 1.96. The van der Waals surface area contributed by atoms with Crippen LogP contribution in [0.25, 0.3) is 0 Å². The van der Waals surface area contributed by atoms with E-state index in [9.17, 15) is 0 Å². The zero-order valence-electron chi connectivity index (χ0n) is 9.33. The highest BCUT2D eigenvalue weighted by atomic mass is 15.3. The number of rotatable bonds is 3. The van der Waals surface area contributed by atoms with E-state index in [1.807, 2.05) is 19.1 Å². The summed E-state index contributed by atoms with van der Waals surface area (Å²) in [4.78, 5) is 0. The van der Waals surface area contributed by atoms with E-state index in [-0.39, 0.29) is 0 Å². The summed E-state index contributed by atoms with van der Waals surface area (Å²) in [6.45, 7) is 8.38. The molecule has 0 amide bonds. The number of anilines is 1. The lowest BCUT2D eigenvalue weighted by Crippen LogP contribution is -2.04. The Balaban J connectivity index is 2.62. The quantitative estimate of drug-likeness (QED) is 0.573. The Kier molecular flexibility index (Phi) is 3.69. The number of hydrogen-bond acceptors (Lipinski definition) is 2. The molecule has 1 aromatic rings. The van der Waals surface area contributed by atoms with Crippen molar-refractivity contribution in [1.29, 1.82) is 0 Å². The zero-order valence-corrected chi connectivity index (χ0v) is 9.33. The molecule has 0 heterocycles. The molecule has 76 valence electrons. The third-order valence-electron chi connectivity index (χ3n) is 2.25. The van der Waals surface area contributed by atoms with Gasteiger partial charge in [-0.25, -0.2) is 0 Å². The summed E-state index contributed by atoms with van der Waals surface area (Å²) >= 11 is 0. The first kappa shape index (κ1) is 10.8. The van der Waals surface area contributed by atoms with Crippen LogP contribution in [0.3, 0.4) is 0 Å². The van der Waals surface area contributed by atoms with E-state index in [4.69, 9.17) is 0 Å². The Labute approximate surface area is 86.0 Å². The molecule has 0 saturated carbocycles. The first-order chi connectivity index (χ1) is 6.59. The van der Waals surface area contributed by atoms with Crippen molar-refractivity contribution < 1.29 is 0 Å². The van der Waals surface area contributed by atoms with Crippen molar-refractivity contribution in [2.24, 2.45) is 11.0 Å². The molecular weight excluding hydrogens is 172 g/mol. The summed E-state index contributed by atoms with van der Waals surface area (Å²) in [6.07, 6.45) is 0. The van der Waals surface area contributed by atoms with Crippen molar-refractivity contribution in [2.75, 3.05) is 5.43 Å². The predicted molar refractivity (Wildman–Crippen MR) is 62.7 cm³/mol. The monoisotopic (exact) mass is 190 g/mol. The van der Waals surface area contributed by atoms with Gasteiger partial charge in [0.15, 0.2) is 0 Å². The lowest BCUT2D eigenvalue weighted by atomic mass is 10.1. The molecule has 0 aliphatic heterocycles. The molecule has 0 unspecified atom stereocenters. The van der Waals surface area contributed by atoms with Crippen LogP contribution in [0.2, 0.25) is 0 Å². The van der Waals surface area contributed by atoms with Gasteiger partial charge in [-0.1, -0.05) is 31.5 Å². The Morgan fingerprint density at radius 1 is 1.21 bits per heavy atom. The van der Waals surface area contributed by atoms with Crippen LogP contribution in [-0.2, 0) is 0 Å². The summed E-state index contributed by atoms with van der Waals surface area (Å²) in [6, 6.07) is 8.21. The average Bonchev–Trinajstić information content (AvgIpc) is 2.16. The van der Waals surface area contributed by atoms with Gasteiger partial charge < -0.3 is 0 Å². The van der Waals surface area contributed by atoms with Crippen LogP contribution in [0, 0.1) is 12.8 Å². The minimum atomic E-state index is 0.493. The van der Waals surface area contributed by atoms with Crippen molar-refractivity contribution in [1.82, 2.24) is 0 Å². The van der Waals surface area contributed by atoms with Crippen molar-refractivity contribution in [3.05, 3.63) is 29.8 Å². The van der Waals surface area contributed by atoms with Crippen LogP contribution >= 0.6 is 0 Å². The van der Waals surface area contributed by atoms with Crippen molar-refractivity contribution >= 4 is 11.4 Å². The molecule has 2 nitrogen and oxygen atoms in total. The summed E-state index contributed by atoms with van der Waals surface area (Å²) in [5, 5.41) is 4.29. The maximum atomic E-state index is 4.29. The number of nitrogens with zero attached hydrogens (tertiary/aromatic N) is 1. The zero-order chi connectivity index (χ0) is 10.6. The molecule has 0 aliphatic carbocycles. The molecule has 14 heavy (non-hydrogen) atoms. The van der Waals surface area contributed by atoms with Crippen LogP contribution in [-0.4, -0.2) is 5.71 Å². The fourth-order valence-corrected chi connectivity index (χ4v) is 0.910. The van der Waals surface area contributed by atoms with Gasteiger partial charge in [0.05, 0.1) is 5.69 Å². The van der Waals surface area contributed by atoms with Gasteiger partial charge in [-0.3, -0.25) is 5.43 Å². The van der Waals surface area contributed by atoms with Crippen molar-refractivity contribution in [2.45, 2.75) is 27.7 Å². The normalized spacial score (nSPS) is 11.9. The van der Waals surface area contributed by atoms with E-state index >= 15 is 0 Å². The third kappa shape index (κ3) is 3.21. The van der Waals surface area contributed by atoms with Gasteiger partial charge >= 0.3 is 0 Å². The maximum Gasteiger partial charge on any atom is 0.0561 e. The van der Waals surface area contributed by atoms with E-state index in [1.165, 1.54) is 5.56 Å². The minimum Gasteiger partial charge on any atom is -0.279 e. The van der Waals surface area contributed by atoms with Gasteiger partial charge in [0.1, 0.15) is 0 Å². The van der Waals surface area contributed by atoms with Crippen LogP contribution in [0.1, 0.15) is 26.3 Å². The Morgan fingerprint density at radius 2 is 1.79 bits per heavy atom. The first-order valence-corrected chi connectivity index (χ1v) is 4.96. The SMILES string of the molecule is C/C(=N/Nc1ccc(C)cc1)C(C)C. The fourth-order valence-electron chi connectivity index (χ4n) is 0.910. The molecular formula is C12H18N2. The van der Waals surface area contributed by atoms with Gasteiger partial charge in [-0.05, 0) is 31.9 Å². The number of benzene rings is 1. The molecule has 0 radical (unpaired) electrons. The minimum absolute atomic E-state index is 0.493. The summed E-state index contributed by atoms with van der Waals surface area (Å²) in [5.41, 5.74) is 6.46. The fraction of sp³-hybridized carbons (Fsp3) is 0.417. The molecule has 0 aromatic heterocycles. The number of hydrazone groups is 1. The molecule has 0 aliphatic rings.